The molecular weight excluding hydrogens is 298 g/mol. The van der Waals surface area contributed by atoms with Crippen molar-refractivity contribution in [2.24, 2.45) is 5.92 Å². The van der Waals surface area contributed by atoms with E-state index in [0.717, 1.165) is 22.5 Å². The standard InChI is InChI=1S/C12H15N3O5S/c1-3-14(8-9(2)7-13)21(19,20)10-4-5-12(16)11(6-10)15(17)18/h4-6,9,16H,3,8H2,1-2H3. The minimum absolute atomic E-state index is 0.00991. The lowest BCUT2D eigenvalue weighted by atomic mass is 10.2. The molecule has 0 aliphatic heterocycles. The van der Waals surface area contributed by atoms with E-state index in [1.165, 1.54) is 0 Å². The molecule has 1 aromatic carbocycles. The first-order valence-corrected chi connectivity index (χ1v) is 7.55. The molecule has 0 saturated heterocycles. The third-order valence-electron chi connectivity index (χ3n) is 2.83. The lowest BCUT2D eigenvalue weighted by molar-refractivity contribution is -0.386. The lowest BCUT2D eigenvalue weighted by Crippen LogP contribution is -2.34. The molecule has 0 radical (unpaired) electrons. The van der Waals surface area contributed by atoms with Gasteiger partial charge in [0.15, 0.2) is 5.75 Å². The fourth-order valence-corrected chi connectivity index (χ4v) is 3.26. The minimum atomic E-state index is -3.96. The van der Waals surface area contributed by atoms with Gasteiger partial charge in [0.2, 0.25) is 10.0 Å². The van der Waals surface area contributed by atoms with Crippen molar-refractivity contribution in [2.75, 3.05) is 13.1 Å². The number of phenols is 1. The van der Waals surface area contributed by atoms with Gasteiger partial charge in [0, 0.05) is 19.2 Å². The van der Waals surface area contributed by atoms with Crippen molar-refractivity contribution in [2.45, 2.75) is 18.7 Å². The largest absolute Gasteiger partial charge is 0.502 e. The van der Waals surface area contributed by atoms with Crippen LogP contribution in [-0.2, 0) is 10.0 Å². The number of nitro benzene ring substituents is 1. The molecule has 8 nitrogen and oxygen atoms in total. The van der Waals surface area contributed by atoms with Crippen LogP contribution in [0.2, 0.25) is 0 Å². The van der Waals surface area contributed by atoms with Crippen LogP contribution in [0, 0.1) is 27.4 Å². The summed E-state index contributed by atoms with van der Waals surface area (Å²) in [5.41, 5.74) is -0.680. The Bertz CT molecular complexity index is 681. The molecule has 0 heterocycles. The van der Waals surface area contributed by atoms with Crippen LogP contribution >= 0.6 is 0 Å². The maximum absolute atomic E-state index is 12.4. The summed E-state index contributed by atoms with van der Waals surface area (Å²) in [6.07, 6.45) is 0. The molecular formula is C12H15N3O5S. The molecule has 21 heavy (non-hydrogen) atoms. The van der Waals surface area contributed by atoms with Crippen molar-refractivity contribution in [3.05, 3.63) is 28.3 Å². The molecule has 0 aromatic heterocycles. The normalized spacial score (nSPS) is 12.9. The summed E-state index contributed by atoms with van der Waals surface area (Å²) in [5, 5.41) is 28.9. The second-order valence-corrected chi connectivity index (χ2v) is 6.33. The van der Waals surface area contributed by atoms with Gasteiger partial charge in [0.25, 0.3) is 0 Å². The first-order chi connectivity index (χ1) is 9.73. The van der Waals surface area contributed by atoms with Crippen molar-refractivity contribution in [3.8, 4) is 11.8 Å². The van der Waals surface area contributed by atoms with Crippen LogP contribution in [0.15, 0.2) is 23.1 Å². The van der Waals surface area contributed by atoms with E-state index in [4.69, 9.17) is 5.26 Å². The molecule has 1 unspecified atom stereocenters. The first-order valence-electron chi connectivity index (χ1n) is 6.11. The maximum Gasteiger partial charge on any atom is 0.312 e. The van der Waals surface area contributed by atoms with Crippen molar-refractivity contribution in [3.63, 3.8) is 0 Å². The lowest BCUT2D eigenvalue weighted by Gasteiger charge is -2.21. The summed E-state index contributed by atoms with van der Waals surface area (Å²) < 4.78 is 25.9. The highest BCUT2D eigenvalue weighted by atomic mass is 32.2. The van der Waals surface area contributed by atoms with Crippen LogP contribution in [0.5, 0.6) is 5.75 Å². The first kappa shape index (κ1) is 16.9. The Morgan fingerprint density at radius 3 is 2.62 bits per heavy atom. The molecule has 1 rings (SSSR count). The Labute approximate surface area is 122 Å². The predicted octanol–water partition coefficient (Wildman–Crippen LogP) is 1.47. The Kier molecular flexibility index (Phi) is 5.23. The molecule has 0 aliphatic carbocycles. The van der Waals surface area contributed by atoms with Gasteiger partial charge in [-0.05, 0) is 19.1 Å². The average Bonchev–Trinajstić information content (AvgIpc) is 2.43. The number of nitriles is 1. The van der Waals surface area contributed by atoms with E-state index in [9.17, 15) is 23.6 Å². The zero-order valence-electron chi connectivity index (χ0n) is 11.6. The summed E-state index contributed by atoms with van der Waals surface area (Å²) in [4.78, 5) is 9.61. The van der Waals surface area contributed by atoms with Crippen molar-refractivity contribution >= 4 is 15.7 Å². The van der Waals surface area contributed by atoms with Gasteiger partial charge in [-0.25, -0.2) is 8.42 Å². The van der Waals surface area contributed by atoms with E-state index in [0.29, 0.717) is 0 Å². The van der Waals surface area contributed by atoms with Crippen LogP contribution < -0.4 is 0 Å². The van der Waals surface area contributed by atoms with Crippen molar-refractivity contribution < 1.29 is 18.4 Å². The molecule has 1 atom stereocenters. The van der Waals surface area contributed by atoms with E-state index >= 15 is 0 Å². The highest BCUT2D eigenvalue weighted by Gasteiger charge is 2.27. The summed E-state index contributed by atoms with van der Waals surface area (Å²) in [5.74, 6) is -1.11. The Hall–Kier alpha value is -2.18. The number of nitrogens with zero attached hydrogens (tertiary/aromatic N) is 3. The Morgan fingerprint density at radius 2 is 2.14 bits per heavy atom. The molecule has 0 fully saturated rings. The fourth-order valence-electron chi connectivity index (χ4n) is 1.70. The summed E-state index contributed by atoms with van der Waals surface area (Å²) in [7, 11) is -3.96. The molecule has 0 saturated carbocycles. The fraction of sp³-hybridized carbons (Fsp3) is 0.417. The van der Waals surface area contributed by atoms with Gasteiger partial charge in [0.05, 0.1) is 21.8 Å². The zero-order chi connectivity index (χ0) is 16.2. The number of aromatic hydroxyl groups is 1. The number of phenolic OH excluding ortho intramolecular Hbond substituents is 1. The van der Waals surface area contributed by atoms with Crippen LogP contribution in [0.3, 0.4) is 0 Å². The van der Waals surface area contributed by atoms with Gasteiger partial charge < -0.3 is 5.11 Å². The number of sulfonamides is 1. The van der Waals surface area contributed by atoms with Crippen LogP contribution in [-0.4, -0.2) is 35.8 Å². The van der Waals surface area contributed by atoms with Crippen molar-refractivity contribution in [1.29, 1.82) is 5.26 Å². The van der Waals surface area contributed by atoms with Gasteiger partial charge in [-0.15, -0.1) is 0 Å². The third kappa shape index (κ3) is 3.68. The molecule has 0 aliphatic rings. The van der Waals surface area contributed by atoms with Gasteiger partial charge >= 0.3 is 5.69 Å². The zero-order valence-corrected chi connectivity index (χ0v) is 12.4. The topological polar surface area (TPSA) is 125 Å². The summed E-state index contributed by atoms with van der Waals surface area (Å²) in [6, 6.07) is 4.81. The van der Waals surface area contributed by atoms with Gasteiger partial charge in [-0.2, -0.15) is 9.57 Å². The van der Waals surface area contributed by atoms with Gasteiger partial charge in [-0.3, -0.25) is 10.1 Å². The number of benzene rings is 1. The third-order valence-corrected chi connectivity index (χ3v) is 4.77. The molecule has 0 spiro atoms. The molecule has 0 amide bonds. The van der Waals surface area contributed by atoms with E-state index in [1.54, 1.807) is 13.8 Å². The summed E-state index contributed by atoms with van der Waals surface area (Å²) in [6.45, 7) is 3.31. The average molecular weight is 313 g/mol. The highest BCUT2D eigenvalue weighted by Crippen LogP contribution is 2.29. The predicted molar refractivity (Wildman–Crippen MR) is 74.0 cm³/mol. The maximum atomic E-state index is 12.4. The number of hydrogen-bond donors (Lipinski definition) is 1. The Balaban J connectivity index is 3.27. The molecule has 114 valence electrons. The minimum Gasteiger partial charge on any atom is -0.502 e. The van der Waals surface area contributed by atoms with E-state index < -0.39 is 32.3 Å². The molecule has 1 aromatic rings. The van der Waals surface area contributed by atoms with Gasteiger partial charge in [0.1, 0.15) is 0 Å². The van der Waals surface area contributed by atoms with E-state index in [-0.39, 0.29) is 18.0 Å². The highest BCUT2D eigenvalue weighted by molar-refractivity contribution is 7.89. The van der Waals surface area contributed by atoms with E-state index in [1.807, 2.05) is 6.07 Å². The van der Waals surface area contributed by atoms with Crippen LogP contribution in [0.25, 0.3) is 0 Å². The molecule has 0 bridgehead atoms. The number of hydrogen-bond acceptors (Lipinski definition) is 6. The molecule has 9 heteroatoms. The quantitative estimate of drug-likeness (QED) is 0.626. The SMILES string of the molecule is CCN(CC(C)C#N)S(=O)(=O)c1ccc(O)c([N+](=O)[O-])c1. The molecule has 1 N–H and O–H groups in total. The summed E-state index contributed by atoms with van der Waals surface area (Å²) >= 11 is 0. The monoisotopic (exact) mass is 313 g/mol. The second kappa shape index (κ2) is 6.51. The second-order valence-electron chi connectivity index (χ2n) is 4.39. The number of nitro groups is 1. The van der Waals surface area contributed by atoms with Crippen LogP contribution in [0.4, 0.5) is 5.69 Å². The number of rotatable bonds is 6. The smallest absolute Gasteiger partial charge is 0.312 e. The van der Waals surface area contributed by atoms with E-state index in [2.05, 4.69) is 0 Å². The van der Waals surface area contributed by atoms with Gasteiger partial charge in [-0.1, -0.05) is 6.92 Å². The Morgan fingerprint density at radius 1 is 1.52 bits per heavy atom. The van der Waals surface area contributed by atoms with Crippen LogP contribution in [0.1, 0.15) is 13.8 Å². The van der Waals surface area contributed by atoms with Crippen molar-refractivity contribution in [1.82, 2.24) is 4.31 Å².